The predicted octanol–water partition coefficient (Wildman–Crippen LogP) is 3.25. The summed E-state index contributed by atoms with van der Waals surface area (Å²) in [7, 11) is -0.717. The van der Waals surface area contributed by atoms with Crippen LogP contribution in [0.25, 0.3) is 0 Å². The lowest BCUT2D eigenvalue weighted by Gasteiger charge is -2.45. The molecule has 88 valence electrons. The van der Waals surface area contributed by atoms with Gasteiger partial charge in [-0.3, -0.25) is 4.21 Å². The van der Waals surface area contributed by atoms with Gasteiger partial charge in [-0.05, 0) is 16.5 Å². The first-order valence-corrected chi connectivity index (χ1v) is 7.27. The van der Waals surface area contributed by atoms with E-state index in [1.165, 1.54) is 11.1 Å². The topological polar surface area (TPSA) is 17.1 Å². The summed E-state index contributed by atoms with van der Waals surface area (Å²) in [6.07, 6.45) is 0. The van der Waals surface area contributed by atoms with Crippen molar-refractivity contribution < 1.29 is 4.21 Å². The highest BCUT2D eigenvalue weighted by molar-refractivity contribution is 7.84. The van der Waals surface area contributed by atoms with Crippen molar-refractivity contribution in [2.24, 2.45) is 5.41 Å². The van der Waals surface area contributed by atoms with Crippen LogP contribution in [0.1, 0.15) is 38.8 Å². The molecule has 1 aromatic rings. The van der Waals surface area contributed by atoms with Gasteiger partial charge in [0.25, 0.3) is 0 Å². The number of benzene rings is 1. The molecule has 0 saturated heterocycles. The Morgan fingerprint density at radius 1 is 1.25 bits per heavy atom. The molecule has 2 unspecified atom stereocenters. The maximum atomic E-state index is 12.0. The molecular weight excluding hydrogens is 216 g/mol. The molecule has 0 N–H and O–H groups in total. The second kappa shape index (κ2) is 3.69. The van der Waals surface area contributed by atoms with Crippen molar-refractivity contribution in [2.45, 2.75) is 38.9 Å². The van der Waals surface area contributed by atoms with E-state index in [0.717, 1.165) is 11.5 Å². The predicted molar refractivity (Wildman–Crippen MR) is 70.0 cm³/mol. The average molecular weight is 236 g/mol. The van der Waals surface area contributed by atoms with Crippen LogP contribution in [-0.2, 0) is 22.0 Å². The summed E-state index contributed by atoms with van der Waals surface area (Å²) in [6, 6.07) is 8.47. The van der Waals surface area contributed by atoms with E-state index in [9.17, 15) is 4.21 Å². The molecule has 0 fully saturated rings. The minimum Gasteiger partial charge on any atom is -0.259 e. The molecule has 1 nitrogen and oxygen atoms in total. The lowest BCUT2D eigenvalue weighted by atomic mass is 9.64. The summed E-state index contributed by atoms with van der Waals surface area (Å²) in [4.78, 5) is 0. The second-order valence-electron chi connectivity index (χ2n) is 5.97. The molecule has 0 aliphatic carbocycles. The zero-order chi connectivity index (χ0) is 12.0. The van der Waals surface area contributed by atoms with Gasteiger partial charge in [0, 0.05) is 27.7 Å². The molecule has 0 spiro atoms. The minimum atomic E-state index is -0.717. The molecule has 0 amide bonds. The molecule has 0 bridgehead atoms. The van der Waals surface area contributed by atoms with Crippen LogP contribution in [0, 0.1) is 5.41 Å². The summed E-state index contributed by atoms with van der Waals surface area (Å²) in [5.74, 6) is 1.51. The summed E-state index contributed by atoms with van der Waals surface area (Å²) in [5.41, 5.74) is 2.82. The van der Waals surface area contributed by atoms with Crippen LogP contribution >= 0.6 is 0 Å². The van der Waals surface area contributed by atoms with Gasteiger partial charge in [0.1, 0.15) is 0 Å². The zero-order valence-corrected chi connectivity index (χ0v) is 11.4. The van der Waals surface area contributed by atoms with Crippen molar-refractivity contribution in [2.75, 3.05) is 5.75 Å². The van der Waals surface area contributed by atoms with E-state index in [2.05, 4.69) is 45.9 Å². The quantitative estimate of drug-likeness (QED) is 0.676. The van der Waals surface area contributed by atoms with Gasteiger partial charge in [-0.2, -0.15) is 0 Å². The van der Waals surface area contributed by atoms with E-state index in [1.54, 1.807) is 0 Å². The summed E-state index contributed by atoms with van der Waals surface area (Å²) in [6.45, 7) is 8.98. The van der Waals surface area contributed by atoms with E-state index < -0.39 is 10.8 Å². The normalized spacial score (nSPS) is 29.9. The molecule has 2 atom stereocenters. The standard InChI is InChI=1S/C14H20OS/c1-13(2,3)14(4)10-16(15)9-11-7-5-6-8-12(11)14/h5-8H,9-10H2,1-4H3. The van der Waals surface area contributed by atoms with Gasteiger partial charge in [-0.1, -0.05) is 52.0 Å². The molecule has 0 radical (unpaired) electrons. The first-order chi connectivity index (χ1) is 7.34. The van der Waals surface area contributed by atoms with Crippen LogP contribution < -0.4 is 0 Å². The third kappa shape index (κ3) is 1.73. The Morgan fingerprint density at radius 2 is 1.88 bits per heavy atom. The van der Waals surface area contributed by atoms with E-state index in [4.69, 9.17) is 0 Å². The van der Waals surface area contributed by atoms with Gasteiger partial charge in [0.15, 0.2) is 0 Å². The smallest absolute Gasteiger partial charge is 0.0488 e. The van der Waals surface area contributed by atoms with Crippen molar-refractivity contribution in [3.63, 3.8) is 0 Å². The van der Waals surface area contributed by atoms with Crippen molar-refractivity contribution in [3.8, 4) is 0 Å². The Hall–Kier alpha value is -0.630. The van der Waals surface area contributed by atoms with Crippen molar-refractivity contribution in [3.05, 3.63) is 35.4 Å². The Kier molecular flexibility index (Phi) is 2.73. The molecule has 1 aromatic carbocycles. The van der Waals surface area contributed by atoms with Crippen LogP contribution in [0.15, 0.2) is 24.3 Å². The number of fused-ring (bicyclic) bond motifs is 1. The molecule has 1 aliphatic rings. The first kappa shape index (κ1) is 11.8. The van der Waals surface area contributed by atoms with E-state index in [0.29, 0.717) is 0 Å². The number of hydrogen-bond donors (Lipinski definition) is 0. The number of hydrogen-bond acceptors (Lipinski definition) is 1. The summed E-state index contributed by atoms with van der Waals surface area (Å²) in [5, 5.41) is 0. The van der Waals surface area contributed by atoms with Crippen LogP contribution in [0.4, 0.5) is 0 Å². The maximum absolute atomic E-state index is 12.0. The van der Waals surface area contributed by atoms with Crippen LogP contribution in [0.2, 0.25) is 0 Å². The summed E-state index contributed by atoms with van der Waals surface area (Å²) >= 11 is 0. The maximum Gasteiger partial charge on any atom is 0.0488 e. The molecule has 1 aliphatic heterocycles. The van der Waals surface area contributed by atoms with Gasteiger partial charge in [-0.25, -0.2) is 0 Å². The fourth-order valence-electron chi connectivity index (χ4n) is 2.43. The second-order valence-corrected chi connectivity index (χ2v) is 7.42. The Morgan fingerprint density at radius 3 is 2.50 bits per heavy atom. The number of rotatable bonds is 0. The molecule has 0 saturated carbocycles. The van der Waals surface area contributed by atoms with Crippen LogP contribution in [-0.4, -0.2) is 9.96 Å². The Bertz CT molecular complexity index is 431. The van der Waals surface area contributed by atoms with Crippen molar-refractivity contribution >= 4 is 10.8 Å². The Labute approximate surface area is 101 Å². The molecule has 2 rings (SSSR count). The van der Waals surface area contributed by atoms with Crippen LogP contribution in [0.5, 0.6) is 0 Å². The minimum absolute atomic E-state index is 0.0205. The summed E-state index contributed by atoms with van der Waals surface area (Å²) < 4.78 is 12.0. The lowest BCUT2D eigenvalue weighted by Crippen LogP contribution is -2.45. The van der Waals surface area contributed by atoms with E-state index in [1.807, 2.05) is 6.07 Å². The molecule has 0 aromatic heterocycles. The fourth-order valence-corrected chi connectivity index (χ4v) is 4.36. The van der Waals surface area contributed by atoms with Gasteiger partial charge >= 0.3 is 0 Å². The largest absolute Gasteiger partial charge is 0.259 e. The van der Waals surface area contributed by atoms with Gasteiger partial charge in [0.05, 0.1) is 0 Å². The molecular formula is C14H20OS. The average Bonchev–Trinajstić information content (AvgIpc) is 2.15. The SMILES string of the molecule is CC(C)(C)C1(C)CS(=O)Cc2ccccc21. The monoisotopic (exact) mass is 236 g/mol. The van der Waals surface area contributed by atoms with Crippen LogP contribution in [0.3, 0.4) is 0 Å². The third-order valence-corrected chi connectivity index (χ3v) is 5.57. The van der Waals surface area contributed by atoms with Crippen molar-refractivity contribution in [1.29, 1.82) is 0 Å². The third-order valence-electron chi connectivity index (χ3n) is 4.03. The van der Waals surface area contributed by atoms with Crippen molar-refractivity contribution in [1.82, 2.24) is 0 Å². The first-order valence-electron chi connectivity index (χ1n) is 5.78. The molecule has 1 heterocycles. The van der Waals surface area contributed by atoms with Gasteiger partial charge in [0.2, 0.25) is 0 Å². The van der Waals surface area contributed by atoms with Gasteiger partial charge in [-0.15, -0.1) is 0 Å². The Balaban J connectivity index is 2.61. The molecule has 2 heteroatoms. The highest BCUT2D eigenvalue weighted by atomic mass is 32.2. The molecule has 16 heavy (non-hydrogen) atoms. The lowest BCUT2D eigenvalue weighted by molar-refractivity contribution is 0.226. The van der Waals surface area contributed by atoms with E-state index in [-0.39, 0.29) is 10.8 Å². The van der Waals surface area contributed by atoms with Gasteiger partial charge < -0.3 is 0 Å². The highest BCUT2D eigenvalue weighted by Gasteiger charge is 2.43. The zero-order valence-electron chi connectivity index (χ0n) is 10.5. The highest BCUT2D eigenvalue weighted by Crippen LogP contribution is 2.45. The fraction of sp³-hybridized carbons (Fsp3) is 0.571. The van der Waals surface area contributed by atoms with E-state index >= 15 is 0 Å².